The molecule has 0 amide bonds. The maximum Gasteiger partial charge on any atom is 0.264 e. The molecule has 0 spiro atoms. The smallest absolute Gasteiger partial charge is 0.264 e. The minimum absolute atomic E-state index is 0.00597. The minimum Gasteiger partial charge on any atom is -0.384 e. The standard InChI is InChI=1S/C23H33F2N7O3/c1-5-33-11-15-12-35-10-14(2)32(15)22-29-20(17-9-27-18(26)8-16(17)19(24)25)28-21(30-22)31-6-7-34-13-23(31,3)4/h8-9,14-15,19H,5-7,10-13H2,1-4H3,(H2,26,27). The van der Waals surface area contributed by atoms with Crippen molar-refractivity contribution in [3.63, 3.8) is 0 Å². The fourth-order valence-corrected chi connectivity index (χ4v) is 4.43. The summed E-state index contributed by atoms with van der Waals surface area (Å²) >= 11 is 0. The highest BCUT2D eigenvalue weighted by Gasteiger charge is 2.36. The Morgan fingerprint density at radius 2 is 1.97 bits per heavy atom. The average molecular weight is 494 g/mol. The number of alkyl halides is 2. The van der Waals surface area contributed by atoms with E-state index in [1.165, 1.54) is 6.20 Å². The molecule has 12 heteroatoms. The molecule has 2 aliphatic rings. The van der Waals surface area contributed by atoms with Gasteiger partial charge in [0.25, 0.3) is 6.43 Å². The Labute approximate surface area is 203 Å². The van der Waals surface area contributed by atoms with Crippen LogP contribution < -0.4 is 15.5 Å². The third-order valence-electron chi connectivity index (χ3n) is 6.21. The van der Waals surface area contributed by atoms with Crippen LogP contribution in [-0.4, -0.2) is 83.7 Å². The maximum atomic E-state index is 14.0. The number of halogens is 2. The molecular formula is C23H33F2N7O3. The van der Waals surface area contributed by atoms with Gasteiger partial charge in [0, 0.05) is 30.5 Å². The Balaban J connectivity index is 1.87. The van der Waals surface area contributed by atoms with Crippen molar-refractivity contribution in [1.29, 1.82) is 0 Å². The van der Waals surface area contributed by atoms with Gasteiger partial charge in [-0.05, 0) is 33.8 Å². The van der Waals surface area contributed by atoms with Crippen LogP contribution in [0.2, 0.25) is 0 Å². The zero-order valence-electron chi connectivity index (χ0n) is 20.6. The molecule has 2 atom stereocenters. The normalized spacial score (nSPS) is 22.6. The first kappa shape index (κ1) is 25.4. The van der Waals surface area contributed by atoms with E-state index in [9.17, 15) is 8.78 Å². The Hall–Kier alpha value is -2.70. The highest BCUT2D eigenvalue weighted by molar-refractivity contribution is 5.64. The van der Waals surface area contributed by atoms with E-state index >= 15 is 0 Å². The third-order valence-corrected chi connectivity index (χ3v) is 6.21. The van der Waals surface area contributed by atoms with Crippen molar-refractivity contribution in [2.45, 2.75) is 51.7 Å². The zero-order chi connectivity index (χ0) is 25.2. The van der Waals surface area contributed by atoms with Crippen LogP contribution in [0, 0.1) is 0 Å². The van der Waals surface area contributed by atoms with Gasteiger partial charge in [-0.3, -0.25) is 0 Å². The number of morpholine rings is 2. The topological polar surface area (TPSA) is 112 Å². The third kappa shape index (κ3) is 5.44. The van der Waals surface area contributed by atoms with Gasteiger partial charge in [0.2, 0.25) is 11.9 Å². The van der Waals surface area contributed by atoms with E-state index in [-0.39, 0.29) is 34.9 Å². The molecule has 2 aromatic heterocycles. The molecule has 10 nitrogen and oxygen atoms in total. The predicted octanol–water partition coefficient (Wildman–Crippen LogP) is 2.70. The highest BCUT2D eigenvalue weighted by atomic mass is 19.3. The molecule has 2 saturated heterocycles. The molecular weight excluding hydrogens is 460 g/mol. The number of pyridine rings is 1. The van der Waals surface area contributed by atoms with E-state index in [0.717, 1.165) is 6.07 Å². The lowest BCUT2D eigenvalue weighted by Gasteiger charge is -2.43. The lowest BCUT2D eigenvalue weighted by atomic mass is 10.0. The van der Waals surface area contributed by atoms with Gasteiger partial charge in [-0.25, -0.2) is 13.8 Å². The van der Waals surface area contributed by atoms with Crippen LogP contribution in [0.4, 0.5) is 26.5 Å². The molecule has 2 N–H and O–H groups in total. The molecule has 2 unspecified atom stereocenters. The van der Waals surface area contributed by atoms with Crippen molar-refractivity contribution in [3.05, 3.63) is 17.8 Å². The van der Waals surface area contributed by atoms with Crippen LogP contribution >= 0.6 is 0 Å². The van der Waals surface area contributed by atoms with Gasteiger partial charge >= 0.3 is 0 Å². The first-order valence-corrected chi connectivity index (χ1v) is 11.8. The molecule has 0 aliphatic carbocycles. The molecule has 2 aliphatic heterocycles. The summed E-state index contributed by atoms with van der Waals surface area (Å²) in [5, 5.41) is 0. The van der Waals surface area contributed by atoms with Crippen molar-refractivity contribution in [2.24, 2.45) is 0 Å². The molecule has 2 fully saturated rings. The van der Waals surface area contributed by atoms with Crippen molar-refractivity contribution in [1.82, 2.24) is 19.9 Å². The second-order valence-electron chi connectivity index (χ2n) is 9.38. The number of anilines is 3. The van der Waals surface area contributed by atoms with E-state index < -0.39 is 12.0 Å². The fourth-order valence-electron chi connectivity index (χ4n) is 4.43. The van der Waals surface area contributed by atoms with E-state index in [2.05, 4.69) is 15.0 Å². The maximum absolute atomic E-state index is 14.0. The van der Waals surface area contributed by atoms with Crippen LogP contribution in [0.15, 0.2) is 12.3 Å². The monoisotopic (exact) mass is 493 g/mol. The van der Waals surface area contributed by atoms with E-state index in [1.807, 2.05) is 37.5 Å². The largest absolute Gasteiger partial charge is 0.384 e. The zero-order valence-corrected chi connectivity index (χ0v) is 20.6. The number of nitrogens with zero attached hydrogens (tertiary/aromatic N) is 6. The SMILES string of the molecule is CCOCC1COCC(C)N1c1nc(-c2cnc(N)cc2C(F)F)nc(N2CCOCC2(C)C)n1. The van der Waals surface area contributed by atoms with Gasteiger partial charge in [-0.15, -0.1) is 0 Å². The molecule has 4 heterocycles. The molecule has 0 bridgehead atoms. The first-order valence-electron chi connectivity index (χ1n) is 11.8. The first-order chi connectivity index (χ1) is 16.7. The van der Waals surface area contributed by atoms with E-state index in [0.29, 0.717) is 58.1 Å². The molecule has 0 aromatic carbocycles. The summed E-state index contributed by atoms with van der Waals surface area (Å²) in [6, 6.07) is 0.963. The summed E-state index contributed by atoms with van der Waals surface area (Å²) < 4.78 is 45.0. The van der Waals surface area contributed by atoms with E-state index in [4.69, 9.17) is 24.9 Å². The van der Waals surface area contributed by atoms with Crippen molar-refractivity contribution < 1.29 is 23.0 Å². The van der Waals surface area contributed by atoms with Crippen LogP contribution in [0.25, 0.3) is 11.4 Å². The lowest BCUT2D eigenvalue weighted by molar-refractivity contribution is 0.0315. The van der Waals surface area contributed by atoms with Crippen molar-refractivity contribution >= 4 is 17.7 Å². The van der Waals surface area contributed by atoms with Gasteiger partial charge in [-0.2, -0.15) is 15.0 Å². The van der Waals surface area contributed by atoms with Gasteiger partial charge in [0.05, 0.1) is 50.7 Å². The molecule has 0 saturated carbocycles. The molecule has 0 radical (unpaired) electrons. The van der Waals surface area contributed by atoms with Crippen molar-refractivity contribution in [3.8, 4) is 11.4 Å². The molecule has 192 valence electrons. The van der Waals surface area contributed by atoms with Crippen LogP contribution in [0.1, 0.15) is 39.7 Å². The van der Waals surface area contributed by atoms with Gasteiger partial charge in [0.15, 0.2) is 5.82 Å². The summed E-state index contributed by atoms with van der Waals surface area (Å²) in [7, 11) is 0. The lowest BCUT2D eigenvalue weighted by Crippen LogP contribution is -2.55. The number of nitrogen functional groups attached to an aromatic ring is 1. The minimum atomic E-state index is -2.77. The summed E-state index contributed by atoms with van der Waals surface area (Å²) in [6.07, 6.45) is -1.48. The van der Waals surface area contributed by atoms with Gasteiger partial charge in [0.1, 0.15) is 5.82 Å². The number of hydrogen-bond acceptors (Lipinski definition) is 10. The Morgan fingerprint density at radius 3 is 2.69 bits per heavy atom. The molecule has 35 heavy (non-hydrogen) atoms. The number of hydrogen-bond donors (Lipinski definition) is 1. The number of nitrogens with two attached hydrogens (primary N) is 1. The predicted molar refractivity (Wildman–Crippen MR) is 128 cm³/mol. The van der Waals surface area contributed by atoms with Crippen LogP contribution in [0.3, 0.4) is 0 Å². The van der Waals surface area contributed by atoms with Crippen molar-refractivity contribution in [2.75, 3.05) is 61.7 Å². The number of ether oxygens (including phenoxy) is 3. The van der Waals surface area contributed by atoms with Gasteiger partial charge < -0.3 is 29.7 Å². The average Bonchev–Trinajstić information content (AvgIpc) is 2.82. The summed E-state index contributed by atoms with van der Waals surface area (Å²) in [5.41, 5.74) is 5.14. The summed E-state index contributed by atoms with van der Waals surface area (Å²) in [4.78, 5) is 22.3. The summed E-state index contributed by atoms with van der Waals surface area (Å²) in [6.45, 7) is 11.4. The second-order valence-corrected chi connectivity index (χ2v) is 9.38. The molecule has 4 rings (SSSR count). The van der Waals surface area contributed by atoms with Crippen LogP contribution in [-0.2, 0) is 14.2 Å². The van der Waals surface area contributed by atoms with Crippen LogP contribution in [0.5, 0.6) is 0 Å². The Bertz CT molecular complexity index is 1030. The second kappa shape index (κ2) is 10.5. The van der Waals surface area contributed by atoms with E-state index in [1.54, 1.807) is 0 Å². The Kier molecular flexibility index (Phi) is 7.62. The molecule has 2 aromatic rings. The Morgan fingerprint density at radius 1 is 1.20 bits per heavy atom. The highest BCUT2D eigenvalue weighted by Crippen LogP contribution is 2.34. The summed E-state index contributed by atoms with van der Waals surface area (Å²) in [5.74, 6) is 0.893. The number of rotatable bonds is 7. The fraction of sp³-hybridized carbons (Fsp3) is 0.652. The number of aromatic nitrogens is 4. The quantitative estimate of drug-likeness (QED) is 0.618. The van der Waals surface area contributed by atoms with Gasteiger partial charge in [-0.1, -0.05) is 0 Å².